The Morgan fingerprint density at radius 1 is 1.10 bits per heavy atom. The highest BCUT2D eigenvalue weighted by Crippen LogP contribution is 2.40. The Labute approximate surface area is 227 Å². The minimum atomic E-state index is -4.72. The zero-order valence-corrected chi connectivity index (χ0v) is 22.0. The fourth-order valence-electron chi connectivity index (χ4n) is 3.33. The number of aryl methyl sites for hydroxylation is 1. The third-order valence-corrected chi connectivity index (χ3v) is 5.60. The number of hydrogen-bond donors (Lipinski definition) is 3. The molecule has 0 bridgehead atoms. The van der Waals surface area contributed by atoms with Gasteiger partial charge in [0.2, 0.25) is 0 Å². The Bertz CT molecular complexity index is 1350. The maximum Gasteiger partial charge on any atom is 0.417 e. The Morgan fingerprint density at radius 2 is 1.85 bits per heavy atom. The van der Waals surface area contributed by atoms with Crippen LogP contribution in [0.2, 0.25) is 5.02 Å². The van der Waals surface area contributed by atoms with Gasteiger partial charge in [-0.2, -0.15) is 13.2 Å². The standard InChI is InChI=1S/C26H26ClF3N4O5/c1-15-10-16(4-5-22(15)39-17-6-7-31-21(11-17)24(35)36)14-32-25(37)33-20-12-18(26(28,29)30)19(27)13-23(20)38-9-8-34(2)3/h4-7,10-13H,8-9,14H2,1-3H3,(H,35,36)(H2,32,33,37). The van der Waals surface area contributed by atoms with Crippen LogP contribution in [0.1, 0.15) is 27.2 Å². The second kappa shape index (κ2) is 12.7. The summed E-state index contributed by atoms with van der Waals surface area (Å²) in [6, 6.07) is 8.90. The van der Waals surface area contributed by atoms with Crippen LogP contribution in [0.25, 0.3) is 0 Å². The molecule has 0 saturated heterocycles. The first-order chi connectivity index (χ1) is 18.3. The van der Waals surface area contributed by atoms with Crippen molar-refractivity contribution < 1.29 is 37.3 Å². The van der Waals surface area contributed by atoms with E-state index in [-0.39, 0.29) is 30.3 Å². The van der Waals surface area contributed by atoms with E-state index in [2.05, 4.69) is 15.6 Å². The zero-order chi connectivity index (χ0) is 28.7. The van der Waals surface area contributed by atoms with E-state index in [1.807, 2.05) is 19.0 Å². The van der Waals surface area contributed by atoms with Gasteiger partial charge in [0.25, 0.3) is 0 Å². The summed E-state index contributed by atoms with van der Waals surface area (Å²) < 4.78 is 51.5. The van der Waals surface area contributed by atoms with Crippen molar-refractivity contribution in [3.05, 3.63) is 76.1 Å². The number of carbonyl (C=O) groups excluding carboxylic acids is 1. The Balaban J connectivity index is 1.68. The molecular formula is C26H26ClF3N4O5. The number of pyridine rings is 1. The second-order valence-corrected chi connectivity index (χ2v) is 9.08. The number of amides is 2. The lowest BCUT2D eigenvalue weighted by Gasteiger charge is -2.18. The summed E-state index contributed by atoms with van der Waals surface area (Å²) in [5.74, 6) is -0.423. The molecule has 1 aromatic heterocycles. The molecule has 0 radical (unpaired) electrons. The van der Waals surface area contributed by atoms with Gasteiger partial charge in [-0.25, -0.2) is 14.6 Å². The number of likely N-dealkylation sites (N-methyl/N-ethyl adjacent to an activating group) is 1. The number of carboxylic acids is 1. The first-order valence-corrected chi connectivity index (χ1v) is 11.9. The number of halogens is 4. The number of urea groups is 1. The SMILES string of the molecule is Cc1cc(CNC(=O)Nc2cc(C(F)(F)F)c(Cl)cc2OCCN(C)C)ccc1Oc1ccnc(C(=O)O)c1. The molecule has 0 spiro atoms. The molecule has 0 fully saturated rings. The zero-order valence-electron chi connectivity index (χ0n) is 21.2. The van der Waals surface area contributed by atoms with Crippen molar-refractivity contribution in [2.75, 3.05) is 32.6 Å². The van der Waals surface area contributed by atoms with Crippen molar-refractivity contribution >= 4 is 29.3 Å². The van der Waals surface area contributed by atoms with Crippen LogP contribution in [0, 0.1) is 6.92 Å². The summed E-state index contributed by atoms with van der Waals surface area (Å²) in [7, 11) is 3.62. The molecule has 0 atom stereocenters. The van der Waals surface area contributed by atoms with Gasteiger partial charge in [0.15, 0.2) is 5.69 Å². The summed E-state index contributed by atoms with van der Waals surface area (Å²) in [5, 5.41) is 13.5. The van der Waals surface area contributed by atoms with Gasteiger partial charge in [-0.05, 0) is 50.3 Å². The predicted octanol–water partition coefficient (Wildman–Crippen LogP) is 5.81. The van der Waals surface area contributed by atoms with Crippen molar-refractivity contribution in [3.8, 4) is 17.2 Å². The minimum absolute atomic E-state index is 0.00418. The number of carboxylic acid groups (broad SMARTS) is 1. The minimum Gasteiger partial charge on any atom is -0.490 e. The highest BCUT2D eigenvalue weighted by atomic mass is 35.5. The molecule has 2 aromatic carbocycles. The average molecular weight is 567 g/mol. The van der Waals surface area contributed by atoms with Gasteiger partial charge in [-0.3, -0.25) is 0 Å². The largest absolute Gasteiger partial charge is 0.490 e. The van der Waals surface area contributed by atoms with Gasteiger partial charge < -0.3 is 30.1 Å². The molecular weight excluding hydrogens is 541 g/mol. The number of carbonyl (C=O) groups is 2. The molecule has 3 rings (SSSR count). The van der Waals surface area contributed by atoms with Crippen LogP contribution in [0.5, 0.6) is 17.2 Å². The number of alkyl halides is 3. The number of aromatic carboxylic acids is 1. The van der Waals surface area contributed by atoms with Crippen LogP contribution >= 0.6 is 11.6 Å². The topological polar surface area (TPSA) is 113 Å². The van der Waals surface area contributed by atoms with Gasteiger partial charge >= 0.3 is 18.2 Å². The van der Waals surface area contributed by atoms with Gasteiger partial charge in [-0.1, -0.05) is 23.7 Å². The molecule has 0 aliphatic carbocycles. The van der Waals surface area contributed by atoms with E-state index in [4.69, 9.17) is 26.2 Å². The van der Waals surface area contributed by atoms with Crippen LogP contribution in [0.3, 0.4) is 0 Å². The predicted molar refractivity (Wildman–Crippen MR) is 139 cm³/mol. The van der Waals surface area contributed by atoms with E-state index in [1.54, 1.807) is 25.1 Å². The molecule has 0 unspecified atom stereocenters. The van der Waals surface area contributed by atoms with Crippen LogP contribution in [-0.4, -0.2) is 54.2 Å². The number of nitrogens with one attached hydrogen (secondary N) is 2. The first kappa shape index (κ1) is 29.5. The van der Waals surface area contributed by atoms with Gasteiger partial charge in [-0.15, -0.1) is 0 Å². The molecule has 0 aliphatic rings. The van der Waals surface area contributed by atoms with E-state index < -0.39 is 28.8 Å². The van der Waals surface area contributed by atoms with Crippen LogP contribution in [0.4, 0.5) is 23.7 Å². The third kappa shape index (κ3) is 8.48. The van der Waals surface area contributed by atoms with Crippen molar-refractivity contribution in [2.45, 2.75) is 19.6 Å². The smallest absolute Gasteiger partial charge is 0.417 e. The number of benzene rings is 2. The maximum atomic E-state index is 13.4. The second-order valence-electron chi connectivity index (χ2n) is 8.67. The van der Waals surface area contributed by atoms with Gasteiger partial charge in [0.05, 0.1) is 16.3 Å². The molecule has 39 heavy (non-hydrogen) atoms. The summed E-state index contributed by atoms with van der Waals surface area (Å²) in [6.45, 7) is 2.48. The maximum absolute atomic E-state index is 13.4. The molecule has 0 aliphatic heterocycles. The quantitative estimate of drug-likeness (QED) is 0.284. The third-order valence-electron chi connectivity index (χ3n) is 5.29. The molecule has 3 aromatic rings. The van der Waals surface area contributed by atoms with Crippen LogP contribution in [0.15, 0.2) is 48.7 Å². The molecule has 3 N–H and O–H groups in total. The number of nitrogens with zero attached hydrogens (tertiary/aromatic N) is 2. The number of anilines is 1. The Morgan fingerprint density at radius 3 is 2.49 bits per heavy atom. The normalized spacial score (nSPS) is 11.3. The highest BCUT2D eigenvalue weighted by Gasteiger charge is 2.34. The van der Waals surface area contributed by atoms with E-state index in [9.17, 15) is 22.8 Å². The number of ether oxygens (including phenoxy) is 2. The summed E-state index contributed by atoms with van der Waals surface area (Å²) >= 11 is 5.83. The summed E-state index contributed by atoms with van der Waals surface area (Å²) in [6.07, 6.45) is -3.40. The number of aromatic nitrogens is 1. The van der Waals surface area contributed by atoms with Gasteiger partial charge in [0.1, 0.15) is 23.9 Å². The van der Waals surface area contributed by atoms with Crippen molar-refractivity contribution in [2.24, 2.45) is 0 Å². The van der Waals surface area contributed by atoms with Crippen molar-refractivity contribution in [3.63, 3.8) is 0 Å². The fourth-order valence-corrected chi connectivity index (χ4v) is 3.59. The summed E-state index contributed by atoms with van der Waals surface area (Å²) in [5.41, 5.74) is -0.0550. The van der Waals surface area contributed by atoms with Gasteiger partial charge in [0, 0.05) is 31.4 Å². The van der Waals surface area contributed by atoms with Crippen LogP contribution < -0.4 is 20.1 Å². The highest BCUT2D eigenvalue weighted by molar-refractivity contribution is 6.31. The monoisotopic (exact) mass is 566 g/mol. The summed E-state index contributed by atoms with van der Waals surface area (Å²) in [4.78, 5) is 29.2. The lowest BCUT2D eigenvalue weighted by Crippen LogP contribution is -2.29. The number of rotatable bonds is 10. The van der Waals surface area contributed by atoms with E-state index in [0.717, 1.165) is 12.1 Å². The molecule has 13 heteroatoms. The lowest BCUT2D eigenvalue weighted by molar-refractivity contribution is -0.137. The Hall–Kier alpha value is -4.03. The lowest BCUT2D eigenvalue weighted by atomic mass is 10.1. The molecule has 1 heterocycles. The van der Waals surface area contributed by atoms with E-state index >= 15 is 0 Å². The number of hydrogen-bond acceptors (Lipinski definition) is 6. The fraction of sp³-hybridized carbons (Fsp3) is 0.269. The molecule has 0 saturated carbocycles. The van der Waals surface area contributed by atoms with Crippen molar-refractivity contribution in [1.82, 2.24) is 15.2 Å². The van der Waals surface area contributed by atoms with E-state index in [0.29, 0.717) is 29.2 Å². The Kier molecular flexibility index (Phi) is 9.60. The molecule has 9 nitrogen and oxygen atoms in total. The first-order valence-electron chi connectivity index (χ1n) is 11.5. The van der Waals surface area contributed by atoms with Crippen molar-refractivity contribution in [1.29, 1.82) is 0 Å². The van der Waals surface area contributed by atoms with E-state index in [1.165, 1.54) is 18.3 Å². The van der Waals surface area contributed by atoms with Crippen LogP contribution in [-0.2, 0) is 12.7 Å². The molecule has 208 valence electrons. The molecule has 2 amide bonds. The average Bonchev–Trinajstić information content (AvgIpc) is 2.85.